The highest BCUT2D eigenvalue weighted by atomic mass is 15.6. The predicted molar refractivity (Wildman–Crippen MR) is 46.2 cm³/mol. The zero-order valence-corrected chi connectivity index (χ0v) is 7.57. The van der Waals surface area contributed by atoms with Crippen molar-refractivity contribution in [2.45, 2.75) is 26.8 Å². The maximum atomic E-state index is 4.27. The zero-order chi connectivity index (χ0) is 8.43. The van der Waals surface area contributed by atoms with Gasteiger partial charge in [0.2, 0.25) is 0 Å². The van der Waals surface area contributed by atoms with Crippen LogP contribution in [0.4, 0.5) is 0 Å². The fourth-order valence-corrected chi connectivity index (χ4v) is 0.815. The molecule has 1 rings (SSSR count). The molecule has 0 aromatic carbocycles. The Morgan fingerprint density at radius 1 is 1.55 bits per heavy atom. The number of rotatable bonds is 2. The van der Waals surface area contributed by atoms with Gasteiger partial charge in [-0.3, -0.25) is 5.01 Å². The van der Waals surface area contributed by atoms with Crippen molar-refractivity contribution in [3.05, 3.63) is 18.0 Å². The lowest BCUT2D eigenvalue weighted by atomic mass is 10.4. The summed E-state index contributed by atoms with van der Waals surface area (Å²) in [5.41, 5.74) is 1.05. The van der Waals surface area contributed by atoms with Gasteiger partial charge in [-0.1, -0.05) is 0 Å². The monoisotopic (exact) mass is 153 g/mol. The van der Waals surface area contributed by atoms with Crippen molar-refractivity contribution in [3.8, 4) is 0 Å². The van der Waals surface area contributed by atoms with E-state index in [0.717, 1.165) is 5.69 Å². The molecule has 0 radical (unpaired) electrons. The number of aromatic nitrogens is 2. The third kappa shape index (κ3) is 1.73. The largest absolute Gasteiger partial charge is 0.298 e. The molecule has 3 heteroatoms. The van der Waals surface area contributed by atoms with Crippen molar-refractivity contribution in [2.75, 3.05) is 12.1 Å². The molecule has 11 heavy (non-hydrogen) atoms. The first-order valence-electron chi connectivity index (χ1n) is 3.86. The Balaban J connectivity index is 2.76. The van der Waals surface area contributed by atoms with Crippen LogP contribution in [0.15, 0.2) is 12.3 Å². The SMILES string of the molecule is Cc1ccn(N(C)C(C)C)n1. The molecule has 1 heterocycles. The molecule has 0 saturated carbocycles. The summed E-state index contributed by atoms with van der Waals surface area (Å²) < 4.78 is 0. The van der Waals surface area contributed by atoms with Gasteiger partial charge in [-0.25, -0.2) is 0 Å². The van der Waals surface area contributed by atoms with Crippen LogP contribution in [-0.4, -0.2) is 23.0 Å². The van der Waals surface area contributed by atoms with E-state index in [0.29, 0.717) is 6.04 Å². The van der Waals surface area contributed by atoms with Gasteiger partial charge in [0.15, 0.2) is 0 Å². The first-order chi connectivity index (χ1) is 5.11. The van der Waals surface area contributed by atoms with Crippen molar-refractivity contribution >= 4 is 0 Å². The van der Waals surface area contributed by atoms with Crippen LogP contribution in [-0.2, 0) is 0 Å². The molecule has 62 valence electrons. The summed E-state index contributed by atoms with van der Waals surface area (Å²) in [5.74, 6) is 0. The average molecular weight is 153 g/mol. The summed E-state index contributed by atoms with van der Waals surface area (Å²) in [7, 11) is 2.02. The molecule has 0 atom stereocenters. The molecule has 0 aliphatic heterocycles. The molecule has 0 bridgehead atoms. The Kier molecular flexibility index (Phi) is 2.17. The van der Waals surface area contributed by atoms with Crippen molar-refractivity contribution in [1.29, 1.82) is 0 Å². The number of hydrogen-bond donors (Lipinski definition) is 0. The smallest absolute Gasteiger partial charge is 0.0614 e. The lowest BCUT2D eigenvalue weighted by molar-refractivity contribution is 0.519. The van der Waals surface area contributed by atoms with Gasteiger partial charge in [0.05, 0.1) is 5.69 Å². The minimum atomic E-state index is 0.481. The van der Waals surface area contributed by atoms with Crippen LogP contribution in [0, 0.1) is 6.92 Å². The normalized spacial score (nSPS) is 10.6. The van der Waals surface area contributed by atoms with Gasteiger partial charge >= 0.3 is 0 Å². The molecule has 0 fully saturated rings. The Morgan fingerprint density at radius 3 is 2.55 bits per heavy atom. The average Bonchev–Trinajstić information content (AvgIpc) is 2.34. The highest BCUT2D eigenvalue weighted by molar-refractivity contribution is 4.98. The molecule has 0 N–H and O–H groups in total. The van der Waals surface area contributed by atoms with E-state index < -0.39 is 0 Å². The van der Waals surface area contributed by atoms with E-state index in [-0.39, 0.29) is 0 Å². The van der Waals surface area contributed by atoms with Gasteiger partial charge < -0.3 is 0 Å². The van der Waals surface area contributed by atoms with Crippen LogP contribution in [0.2, 0.25) is 0 Å². The second-order valence-corrected chi connectivity index (χ2v) is 3.04. The molecular formula is C8H15N3. The quantitative estimate of drug-likeness (QED) is 0.636. The lowest BCUT2D eigenvalue weighted by Crippen LogP contribution is -2.36. The zero-order valence-electron chi connectivity index (χ0n) is 7.57. The van der Waals surface area contributed by atoms with Crippen LogP contribution < -0.4 is 5.01 Å². The van der Waals surface area contributed by atoms with E-state index in [1.807, 2.05) is 31.0 Å². The summed E-state index contributed by atoms with van der Waals surface area (Å²) in [6.07, 6.45) is 1.97. The Hall–Kier alpha value is -0.990. The molecule has 3 nitrogen and oxygen atoms in total. The Morgan fingerprint density at radius 2 is 2.18 bits per heavy atom. The number of nitrogens with zero attached hydrogens (tertiary/aromatic N) is 3. The summed E-state index contributed by atoms with van der Waals surface area (Å²) in [5, 5.41) is 6.35. The van der Waals surface area contributed by atoms with Crippen LogP contribution in [0.25, 0.3) is 0 Å². The molecule has 1 aromatic heterocycles. The molecule has 0 saturated heterocycles. The van der Waals surface area contributed by atoms with Gasteiger partial charge in [-0.2, -0.15) is 9.89 Å². The molecule has 0 unspecified atom stereocenters. The Bertz CT molecular complexity index is 227. The highest BCUT2D eigenvalue weighted by Crippen LogP contribution is 1.96. The fourth-order valence-electron chi connectivity index (χ4n) is 0.815. The van der Waals surface area contributed by atoms with Gasteiger partial charge in [-0.15, -0.1) is 0 Å². The van der Waals surface area contributed by atoms with E-state index in [2.05, 4.69) is 24.0 Å². The predicted octanol–water partition coefficient (Wildman–Crippen LogP) is 1.17. The van der Waals surface area contributed by atoms with E-state index in [4.69, 9.17) is 0 Å². The van der Waals surface area contributed by atoms with Gasteiger partial charge in [0.25, 0.3) is 0 Å². The van der Waals surface area contributed by atoms with Crippen LogP contribution in [0.5, 0.6) is 0 Å². The van der Waals surface area contributed by atoms with Crippen molar-refractivity contribution in [1.82, 2.24) is 9.89 Å². The molecular weight excluding hydrogens is 138 g/mol. The van der Waals surface area contributed by atoms with Gasteiger partial charge in [0, 0.05) is 19.3 Å². The first kappa shape index (κ1) is 8.11. The summed E-state index contributed by atoms with van der Waals surface area (Å²) >= 11 is 0. The second kappa shape index (κ2) is 2.95. The molecule has 0 amide bonds. The third-order valence-corrected chi connectivity index (χ3v) is 1.78. The Labute approximate surface area is 67.6 Å². The maximum Gasteiger partial charge on any atom is 0.0614 e. The molecule has 0 aliphatic carbocycles. The van der Waals surface area contributed by atoms with Crippen LogP contribution in [0.3, 0.4) is 0 Å². The van der Waals surface area contributed by atoms with Crippen LogP contribution >= 0.6 is 0 Å². The first-order valence-corrected chi connectivity index (χ1v) is 3.86. The second-order valence-electron chi connectivity index (χ2n) is 3.04. The van der Waals surface area contributed by atoms with E-state index in [9.17, 15) is 0 Å². The van der Waals surface area contributed by atoms with E-state index in [1.165, 1.54) is 0 Å². The molecule has 0 aliphatic rings. The summed E-state index contributed by atoms with van der Waals surface area (Å²) in [6.45, 7) is 6.26. The minimum Gasteiger partial charge on any atom is -0.298 e. The maximum absolute atomic E-state index is 4.27. The third-order valence-electron chi connectivity index (χ3n) is 1.78. The topological polar surface area (TPSA) is 21.1 Å². The standard InChI is InChI=1S/C8H15N3/c1-7(2)10(4)11-6-5-8(3)9-11/h5-7H,1-4H3. The highest BCUT2D eigenvalue weighted by Gasteiger charge is 2.03. The van der Waals surface area contributed by atoms with Crippen molar-refractivity contribution in [2.24, 2.45) is 0 Å². The van der Waals surface area contributed by atoms with Crippen molar-refractivity contribution < 1.29 is 0 Å². The lowest BCUT2D eigenvalue weighted by Gasteiger charge is -2.22. The van der Waals surface area contributed by atoms with E-state index >= 15 is 0 Å². The van der Waals surface area contributed by atoms with Gasteiger partial charge in [-0.05, 0) is 26.8 Å². The number of hydrogen-bond acceptors (Lipinski definition) is 2. The van der Waals surface area contributed by atoms with Crippen molar-refractivity contribution in [3.63, 3.8) is 0 Å². The van der Waals surface area contributed by atoms with Crippen LogP contribution in [0.1, 0.15) is 19.5 Å². The summed E-state index contributed by atoms with van der Waals surface area (Å²) in [6, 6.07) is 2.48. The minimum absolute atomic E-state index is 0.481. The fraction of sp³-hybridized carbons (Fsp3) is 0.625. The van der Waals surface area contributed by atoms with E-state index in [1.54, 1.807) is 0 Å². The molecule has 1 aromatic rings. The summed E-state index contributed by atoms with van der Waals surface area (Å²) in [4.78, 5) is 1.86. The molecule has 0 spiro atoms. The number of aryl methyl sites for hydroxylation is 1. The van der Waals surface area contributed by atoms with Gasteiger partial charge in [0.1, 0.15) is 0 Å².